The second-order valence-electron chi connectivity index (χ2n) is 3.46. The van der Waals surface area contributed by atoms with Gasteiger partial charge in [0.05, 0.1) is 0 Å². The summed E-state index contributed by atoms with van der Waals surface area (Å²) < 4.78 is 25.9. The van der Waals surface area contributed by atoms with Crippen molar-refractivity contribution in [3.05, 3.63) is 24.3 Å². The quantitative estimate of drug-likeness (QED) is 0.724. The molecule has 3 N–H and O–H groups in total. The molecule has 16 heavy (non-hydrogen) atoms. The summed E-state index contributed by atoms with van der Waals surface area (Å²) in [5.41, 5.74) is 0.565. The first-order valence-electron chi connectivity index (χ1n) is 4.46. The van der Waals surface area contributed by atoms with Crippen molar-refractivity contribution in [3.8, 4) is 0 Å². The topological polar surface area (TPSA) is 106 Å². The molecule has 1 aliphatic carbocycles. The van der Waals surface area contributed by atoms with Crippen LogP contribution in [0.1, 0.15) is 12.8 Å². The van der Waals surface area contributed by atoms with E-state index in [9.17, 15) is 8.42 Å². The van der Waals surface area contributed by atoms with Crippen LogP contribution in [0.25, 0.3) is 0 Å². The average Bonchev–Trinajstić information content (AvgIpc) is 2.88. The largest absolute Gasteiger partial charge is 0.870 e. The minimum atomic E-state index is -3.32. The van der Waals surface area contributed by atoms with Crippen LogP contribution < -0.4 is 10.2 Å². The Hall–Kier alpha value is -0.885. The molecule has 86 valence electrons. The van der Waals surface area contributed by atoms with Crippen molar-refractivity contribution in [2.75, 3.05) is 0 Å². The van der Waals surface area contributed by atoms with Gasteiger partial charge in [-0.05, 0) is 0 Å². The fraction of sp³-hybridized carbons (Fsp3) is 0.333. The molecule has 1 fully saturated rings. The molecule has 0 aromatic heterocycles. The third-order valence-electron chi connectivity index (χ3n) is 2.09. The van der Waals surface area contributed by atoms with E-state index in [1.54, 1.807) is 12.1 Å². The molecule has 0 heterocycles. The summed E-state index contributed by atoms with van der Waals surface area (Å²) in [6.07, 6.45) is 1.88. The standard InChI is InChI=1S/C9H10BNO2S.2H2O/c10-7-1-5-9(6-2-7)14(12,13)11-8-3-4-8;;/h1-2,5-6,8,11H,3-4H2;2*1H2/q+2;;/p-2. The van der Waals surface area contributed by atoms with Gasteiger partial charge in [-0.1, -0.05) is 0 Å². The van der Waals surface area contributed by atoms with E-state index in [-0.39, 0.29) is 21.9 Å². The van der Waals surface area contributed by atoms with Crippen molar-refractivity contribution in [2.45, 2.75) is 23.8 Å². The smallest absolute Gasteiger partial charge is 0.870 e. The second kappa shape index (κ2) is 5.45. The van der Waals surface area contributed by atoms with Gasteiger partial charge in [-0.25, -0.2) is 0 Å². The molecule has 1 aliphatic rings. The van der Waals surface area contributed by atoms with Crippen molar-refractivity contribution in [1.29, 1.82) is 0 Å². The maximum absolute atomic E-state index is 11.6. The number of rotatable bonds is 3. The Balaban J connectivity index is 0.00000112. The summed E-state index contributed by atoms with van der Waals surface area (Å²) in [6.45, 7) is 0. The molecule has 0 saturated heterocycles. The van der Waals surface area contributed by atoms with Gasteiger partial charge in [0.2, 0.25) is 0 Å². The van der Waals surface area contributed by atoms with Crippen LogP contribution in [0.2, 0.25) is 0 Å². The van der Waals surface area contributed by atoms with Gasteiger partial charge >= 0.3 is 84.5 Å². The zero-order chi connectivity index (χ0) is 10.2. The van der Waals surface area contributed by atoms with E-state index in [0.29, 0.717) is 5.46 Å². The van der Waals surface area contributed by atoms with Crippen molar-refractivity contribution in [2.24, 2.45) is 0 Å². The fourth-order valence-corrected chi connectivity index (χ4v) is 2.44. The number of sulfonamides is 1. The number of nitrogens with one attached hydrogen (secondary N) is 1. The minimum Gasteiger partial charge on any atom is -0.870 e. The Labute approximate surface area is 95.9 Å². The molecule has 1 aromatic rings. The molecule has 0 amide bonds. The van der Waals surface area contributed by atoms with Crippen molar-refractivity contribution < 1.29 is 19.4 Å². The van der Waals surface area contributed by atoms with Gasteiger partial charge in [0.25, 0.3) is 0 Å². The predicted octanol–water partition coefficient (Wildman–Crippen LogP) is -0.432. The Kier molecular flexibility index (Phi) is 5.14. The Morgan fingerprint density at radius 1 is 1.12 bits per heavy atom. The second-order valence-corrected chi connectivity index (χ2v) is 5.18. The van der Waals surface area contributed by atoms with Crippen LogP contribution in [0.15, 0.2) is 29.2 Å². The summed E-state index contributed by atoms with van der Waals surface area (Å²) in [7, 11) is 2.15. The predicted molar refractivity (Wildman–Crippen MR) is 59.0 cm³/mol. The molecular weight excluding hydrogens is 229 g/mol. The third kappa shape index (κ3) is 3.60. The van der Waals surface area contributed by atoms with Crippen LogP contribution >= 0.6 is 0 Å². The molecule has 5 nitrogen and oxygen atoms in total. The van der Waals surface area contributed by atoms with Gasteiger partial charge in [0.1, 0.15) is 0 Å². The van der Waals surface area contributed by atoms with Crippen LogP contribution in [0.5, 0.6) is 0 Å². The summed E-state index contributed by atoms with van der Waals surface area (Å²) in [5, 5.41) is 0. The molecular formula is C9H12BNO4S. The van der Waals surface area contributed by atoms with E-state index in [1.807, 2.05) is 0 Å². The average molecular weight is 241 g/mol. The fourth-order valence-electron chi connectivity index (χ4n) is 1.14. The van der Waals surface area contributed by atoms with E-state index in [4.69, 9.17) is 7.85 Å². The van der Waals surface area contributed by atoms with E-state index in [0.717, 1.165) is 12.8 Å². The van der Waals surface area contributed by atoms with Crippen LogP contribution in [0.3, 0.4) is 0 Å². The van der Waals surface area contributed by atoms with Gasteiger partial charge < -0.3 is 11.0 Å². The first-order chi connectivity index (χ1) is 6.58. The number of hydrogen-bond acceptors (Lipinski definition) is 4. The Morgan fingerprint density at radius 3 is 2.06 bits per heavy atom. The van der Waals surface area contributed by atoms with Crippen LogP contribution in [0.4, 0.5) is 0 Å². The first kappa shape index (κ1) is 15.1. The molecule has 1 aromatic carbocycles. The number of hydrogen-bond donors (Lipinski definition) is 1. The maximum atomic E-state index is 11.6. The van der Waals surface area contributed by atoms with E-state index in [2.05, 4.69) is 4.72 Å². The zero-order valence-corrected chi connectivity index (χ0v) is 9.31. The van der Waals surface area contributed by atoms with E-state index in [1.165, 1.54) is 12.1 Å². The summed E-state index contributed by atoms with van der Waals surface area (Å²) in [5.74, 6) is 0. The monoisotopic (exact) mass is 241 g/mol. The molecule has 0 atom stereocenters. The summed E-state index contributed by atoms with van der Waals surface area (Å²) in [4.78, 5) is 0.276. The van der Waals surface area contributed by atoms with Crippen LogP contribution in [-0.2, 0) is 10.0 Å². The molecule has 0 spiro atoms. The first-order valence-corrected chi connectivity index (χ1v) is 5.94. The minimum absolute atomic E-state index is 0. The normalized spacial score (nSPS) is 14.9. The molecule has 0 radical (unpaired) electrons. The molecule has 7 heteroatoms. The van der Waals surface area contributed by atoms with Crippen molar-refractivity contribution in [1.82, 2.24) is 4.72 Å². The molecule has 2 rings (SSSR count). The van der Waals surface area contributed by atoms with Gasteiger partial charge in [-0.3, -0.25) is 0 Å². The molecule has 0 aliphatic heterocycles. The van der Waals surface area contributed by atoms with Crippen molar-refractivity contribution >= 4 is 23.3 Å². The summed E-state index contributed by atoms with van der Waals surface area (Å²) in [6, 6.07) is 6.33. The Morgan fingerprint density at radius 2 is 1.62 bits per heavy atom. The van der Waals surface area contributed by atoms with Gasteiger partial charge in [-0.15, -0.1) is 0 Å². The zero-order valence-electron chi connectivity index (χ0n) is 8.50. The summed E-state index contributed by atoms with van der Waals surface area (Å²) >= 11 is 0. The maximum Gasteiger partial charge on any atom is -0.870 e. The van der Waals surface area contributed by atoms with Gasteiger partial charge in [0.15, 0.2) is 0 Å². The van der Waals surface area contributed by atoms with E-state index < -0.39 is 10.0 Å². The van der Waals surface area contributed by atoms with E-state index >= 15 is 0 Å². The van der Waals surface area contributed by atoms with Gasteiger partial charge in [-0.2, -0.15) is 0 Å². The van der Waals surface area contributed by atoms with Crippen LogP contribution in [0, 0.1) is 0 Å². The Bertz CT molecular complexity index is 427. The molecule has 0 unspecified atom stereocenters. The number of benzene rings is 1. The van der Waals surface area contributed by atoms with Gasteiger partial charge in [0, 0.05) is 0 Å². The molecule has 1 saturated carbocycles. The molecule has 0 bridgehead atoms. The third-order valence-corrected chi connectivity index (χ3v) is 3.63. The van der Waals surface area contributed by atoms with Crippen molar-refractivity contribution in [3.63, 3.8) is 0 Å². The van der Waals surface area contributed by atoms with Crippen LogP contribution in [-0.4, -0.2) is 33.3 Å². The SMILES string of the molecule is [B+2]c1ccc(S(=O)(=O)NC2CC2)cc1.[OH-].[OH-].